The van der Waals surface area contributed by atoms with Crippen LogP contribution in [-0.2, 0) is 16.4 Å². The maximum absolute atomic E-state index is 11.1. The average molecular weight is 214 g/mol. The van der Waals surface area contributed by atoms with E-state index < -0.39 is 10.0 Å². The Morgan fingerprint density at radius 3 is 2.50 bits per heavy atom. The number of rotatable bonds is 3. The van der Waals surface area contributed by atoms with Crippen molar-refractivity contribution in [2.45, 2.75) is 24.7 Å². The van der Waals surface area contributed by atoms with Gasteiger partial charge in [-0.3, -0.25) is 0 Å². The van der Waals surface area contributed by atoms with E-state index in [9.17, 15) is 8.42 Å². The molecule has 0 aromatic heterocycles. The van der Waals surface area contributed by atoms with Gasteiger partial charge in [-0.25, -0.2) is 13.6 Å². The molecule has 4 N–H and O–H groups in total. The van der Waals surface area contributed by atoms with Crippen LogP contribution in [0.1, 0.15) is 18.9 Å². The monoisotopic (exact) mass is 214 g/mol. The topological polar surface area (TPSA) is 86.2 Å². The minimum absolute atomic E-state index is 0.0171. The second-order valence-corrected chi connectivity index (χ2v) is 4.65. The number of hydrogen-bond acceptors (Lipinski definition) is 3. The Bertz CT molecular complexity index is 426. The third kappa shape index (κ3) is 2.24. The van der Waals surface area contributed by atoms with Crippen LogP contribution in [0.2, 0.25) is 0 Å². The number of para-hydroxylation sites is 1. The number of primary sulfonamides is 1. The minimum Gasteiger partial charge on any atom is -0.397 e. The molecule has 0 fully saturated rings. The third-order valence-electron chi connectivity index (χ3n) is 1.98. The molecule has 0 saturated heterocycles. The highest BCUT2D eigenvalue weighted by molar-refractivity contribution is 7.89. The number of anilines is 1. The molecule has 0 saturated carbocycles. The summed E-state index contributed by atoms with van der Waals surface area (Å²) >= 11 is 0. The molecule has 0 aliphatic rings. The Morgan fingerprint density at radius 2 is 2.00 bits per heavy atom. The first-order chi connectivity index (χ1) is 6.46. The van der Waals surface area contributed by atoms with E-state index in [1.54, 1.807) is 6.07 Å². The van der Waals surface area contributed by atoms with Crippen LogP contribution in [0.15, 0.2) is 23.1 Å². The van der Waals surface area contributed by atoms with Crippen molar-refractivity contribution in [1.29, 1.82) is 0 Å². The van der Waals surface area contributed by atoms with Crippen molar-refractivity contribution in [2.24, 2.45) is 5.14 Å². The zero-order valence-corrected chi connectivity index (χ0v) is 8.84. The van der Waals surface area contributed by atoms with Gasteiger partial charge in [0.15, 0.2) is 0 Å². The lowest BCUT2D eigenvalue weighted by Crippen LogP contribution is -2.15. The zero-order valence-electron chi connectivity index (χ0n) is 8.03. The summed E-state index contributed by atoms with van der Waals surface area (Å²) in [5.74, 6) is 0. The molecular formula is C9H14N2O2S. The maximum atomic E-state index is 11.1. The summed E-state index contributed by atoms with van der Waals surface area (Å²) in [4.78, 5) is 0.0171. The van der Waals surface area contributed by atoms with Gasteiger partial charge in [-0.05, 0) is 18.1 Å². The van der Waals surface area contributed by atoms with Crippen LogP contribution in [0.3, 0.4) is 0 Å². The molecule has 0 unspecified atom stereocenters. The van der Waals surface area contributed by atoms with Gasteiger partial charge in [-0.2, -0.15) is 0 Å². The van der Waals surface area contributed by atoms with Crippen molar-refractivity contribution in [3.63, 3.8) is 0 Å². The van der Waals surface area contributed by atoms with Crippen molar-refractivity contribution >= 4 is 15.7 Å². The quantitative estimate of drug-likeness (QED) is 0.732. The van der Waals surface area contributed by atoms with Crippen molar-refractivity contribution < 1.29 is 8.42 Å². The molecule has 0 amide bonds. The first kappa shape index (κ1) is 11.0. The Morgan fingerprint density at radius 1 is 1.36 bits per heavy atom. The molecular weight excluding hydrogens is 200 g/mol. The van der Waals surface area contributed by atoms with Crippen LogP contribution in [-0.4, -0.2) is 8.42 Å². The minimum atomic E-state index is -3.70. The van der Waals surface area contributed by atoms with Crippen molar-refractivity contribution in [1.82, 2.24) is 0 Å². The fourth-order valence-corrected chi connectivity index (χ4v) is 2.03. The van der Waals surface area contributed by atoms with E-state index in [1.165, 1.54) is 6.07 Å². The Balaban J connectivity index is 3.28. The Labute approximate surface area is 84.0 Å². The summed E-state index contributed by atoms with van der Waals surface area (Å²) in [6.07, 6.45) is 1.67. The van der Waals surface area contributed by atoms with Crippen molar-refractivity contribution in [2.75, 3.05) is 5.73 Å². The summed E-state index contributed by atoms with van der Waals surface area (Å²) < 4.78 is 22.2. The molecule has 78 valence electrons. The summed E-state index contributed by atoms with van der Waals surface area (Å²) in [5.41, 5.74) is 6.80. The van der Waals surface area contributed by atoms with Crippen LogP contribution < -0.4 is 10.9 Å². The van der Waals surface area contributed by atoms with Gasteiger partial charge in [0.1, 0.15) is 4.90 Å². The number of nitrogens with two attached hydrogens (primary N) is 2. The number of hydrogen-bond donors (Lipinski definition) is 2. The molecule has 1 rings (SSSR count). The van der Waals surface area contributed by atoms with Crippen molar-refractivity contribution in [3.8, 4) is 0 Å². The van der Waals surface area contributed by atoms with Crippen LogP contribution in [0.25, 0.3) is 0 Å². The number of nitrogen functional groups attached to an aromatic ring is 1. The third-order valence-corrected chi connectivity index (χ3v) is 2.95. The molecule has 4 nitrogen and oxygen atoms in total. The standard InChI is InChI=1S/C9H14N2O2S/c1-2-4-7-5-3-6-8(9(7)10)14(11,12)13/h3,5-6H,2,4,10H2,1H3,(H2,11,12,13). The molecule has 0 heterocycles. The highest BCUT2D eigenvalue weighted by atomic mass is 32.2. The number of benzene rings is 1. The van der Waals surface area contributed by atoms with E-state index in [2.05, 4.69) is 0 Å². The summed E-state index contributed by atoms with van der Waals surface area (Å²) in [6.45, 7) is 2.00. The van der Waals surface area contributed by atoms with Gasteiger partial charge in [0.05, 0.1) is 5.69 Å². The van der Waals surface area contributed by atoms with Gasteiger partial charge in [-0.1, -0.05) is 25.5 Å². The molecule has 1 aromatic carbocycles. The highest BCUT2D eigenvalue weighted by Gasteiger charge is 2.13. The van der Waals surface area contributed by atoms with E-state index in [0.717, 1.165) is 18.4 Å². The van der Waals surface area contributed by atoms with Gasteiger partial charge in [0, 0.05) is 0 Å². The Kier molecular flexibility index (Phi) is 3.13. The van der Waals surface area contributed by atoms with Crippen molar-refractivity contribution in [3.05, 3.63) is 23.8 Å². The first-order valence-corrected chi connectivity index (χ1v) is 5.91. The van der Waals surface area contributed by atoms with E-state index in [0.29, 0.717) is 0 Å². The second kappa shape index (κ2) is 3.98. The predicted octanol–water partition coefficient (Wildman–Crippen LogP) is 0.869. The lowest BCUT2D eigenvalue weighted by molar-refractivity contribution is 0.598. The molecule has 0 radical (unpaired) electrons. The molecule has 5 heteroatoms. The highest BCUT2D eigenvalue weighted by Crippen LogP contribution is 2.22. The molecule has 0 atom stereocenters. The van der Waals surface area contributed by atoms with E-state index in [-0.39, 0.29) is 10.6 Å². The number of aryl methyl sites for hydroxylation is 1. The smallest absolute Gasteiger partial charge is 0.240 e. The summed E-state index contributed by atoms with van der Waals surface area (Å²) in [6, 6.07) is 4.89. The lowest BCUT2D eigenvalue weighted by atomic mass is 10.1. The SMILES string of the molecule is CCCc1cccc(S(N)(=O)=O)c1N. The summed E-state index contributed by atoms with van der Waals surface area (Å²) in [5, 5.41) is 5.01. The van der Waals surface area contributed by atoms with Crippen LogP contribution in [0.4, 0.5) is 5.69 Å². The maximum Gasteiger partial charge on any atom is 0.240 e. The fourth-order valence-electron chi connectivity index (χ4n) is 1.32. The molecule has 0 spiro atoms. The van der Waals surface area contributed by atoms with Gasteiger partial charge < -0.3 is 5.73 Å². The van der Waals surface area contributed by atoms with Crippen LogP contribution in [0, 0.1) is 0 Å². The fraction of sp³-hybridized carbons (Fsp3) is 0.333. The predicted molar refractivity (Wildman–Crippen MR) is 56.2 cm³/mol. The molecule has 0 bridgehead atoms. The largest absolute Gasteiger partial charge is 0.397 e. The van der Waals surface area contributed by atoms with Gasteiger partial charge in [0.25, 0.3) is 0 Å². The molecule has 0 aliphatic heterocycles. The van der Waals surface area contributed by atoms with E-state index in [4.69, 9.17) is 10.9 Å². The first-order valence-electron chi connectivity index (χ1n) is 4.37. The zero-order chi connectivity index (χ0) is 10.8. The second-order valence-electron chi connectivity index (χ2n) is 3.12. The van der Waals surface area contributed by atoms with E-state index in [1.807, 2.05) is 13.0 Å². The normalized spacial score (nSPS) is 11.6. The molecule has 14 heavy (non-hydrogen) atoms. The van der Waals surface area contributed by atoms with Crippen LogP contribution >= 0.6 is 0 Å². The van der Waals surface area contributed by atoms with Crippen LogP contribution in [0.5, 0.6) is 0 Å². The van der Waals surface area contributed by atoms with E-state index >= 15 is 0 Å². The lowest BCUT2D eigenvalue weighted by Gasteiger charge is -2.08. The van der Waals surface area contributed by atoms with Gasteiger partial charge >= 0.3 is 0 Å². The molecule has 1 aromatic rings. The average Bonchev–Trinajstić information content (AvgIpc) is 2.07. The Hall–Kier alpha value is -1.07. The van der Waals surface area contributed by atoms with Gasteiger partial charge in [0.2, 0.25) is 10.0 Å². The summed E-state index contributed by atoms with van der Waals surface area (Å²) in [7, 11) is -3.70. The number of sulfonamides is 1. The molecule has 0 aliphatic carbocycles. The van der Waals surface area contributed by atoms with Gasteiger partial charge in [-0.15, -0.1) is 0 Å².